The summed E-state index contributed by atoms with van der Waals surface area (Å²) in [5, 5.41) is 0. The van der Waals surface area contributed by atoms with Gasteiger partial charge in [0.25, 0.3) is 11.5 Å². The fraction of sp³-hybridized carbons (Fsp3) is 0.261. The standard InChI is InChI=1S/C23H27N5O5S/c1-4-27(22(30)17-11-8-12-18(13-17)34(32,33)26-15(2)3)19-20(24)28(23(31)25-21(19)29)14-16-9-6-5-7-10-16/h5-13,15,26H,4,14,24H2,1-3H3,(H,25,29,31). The summed E-state index contributed by atoms with van der Waals surface area (Å²) in [6, 6.07) is 14.2. The molecule has 0 aliphatic carbocycles. The molecule has 0 bridgehead atoms. The summed E-state index contributed by atoms with van der Waals surface area (Å²) in [6.07, 6.45) is 0. The molecule has 0 radical (unpaired) electrons. The number of hydrogen-bond donors (Lipinski definition) is 3. The number of carbonyl (C=O) groups excluding carboxylic acids is 1. The lowest BCUT2D eigenvalue weighted by atomic mass is 10.2. The fourth-order valence-electron chi connectivity index (χ4n) is 3.49. The summed E-state index contributed by atoms with van der Waals surface area (Å²) >= 11 is 0. The quantitative estimate of drug-likeness (QED) is 0.441. The molecule has 0 spiro atoms. The van der Waals surface area contributed by atoms with Crippen molar-refractivity contribution in [1.82, 2.24) is 14.3 Å². The molecule has 1 heterocycles. The lowest BCUT2D eigenvalue weighted by molar-refractivity contribution is 0.0987. The number of nitrogen functional groups attached to an aromatic ring is 1. The van der Waals surface area contributed by atoms with Crippen LogP contribution in [0.25, 0.3) is 0 Å². The highest BCUT2D eigenvalue weighted by Crippen LogP contribution is 2.21. The monoisotopic (exact) mass is 485 g/mol. The van der Waals surface area contributed by atoms with Crippen molar-refractivity contribution in [1.29, 1.82) is 0 Å². The molecular formula is C23H27N5O5S. The molecule has 34 heavy (non-hydrogen) atoms. The lowest BCUT2D eigenvalue weighted by Gasteiger charge is -2.23. The fourth-order valence-corrected chi connectivity index (χ4v) is 4.79. The van der Waals surface area contributed by atoms with Gasteiger partial charge in [-0.2, -0.15) is 0 Å². The Morgan fingerprint density at radius 1 is 1.12 bits per heavy atom. The van der Waals surface area contributed by atoms with E-state index in [0.29, 0.717) is 0 Å². The van der Waals surface area contributed by atoms with Gasteiger partial charge in [-0.25, -0.2) is 17.9 Å². The van der Waals surface area contributed by atoms with Gasteiger partial charge in [0.2, 0.25) is 10.0 Å². The van der Waals surface area contributed by atoms with E-state index in [-0.39, 0.29) is 41.1 Å². The highest BCUT2D eigenvalue weighted by Gasteiger charge is 2.25. The Morgan fingerprint density at radius 2 is 1.79 bits per heavy atom. The van der Waals surface area contributed by atoms with E-state index in [1.165, 1.54) is 28.8 Å². The highest BCUT2D eigenvalue weighted by atomic mass is 32.2. The third-order valence-electron chi connectivity index (χ3n) is 5.01. The minimum Gasteiger partial charge on any atom is -0.383 e. The van der Waals surface area contributed by atoms with Gasteiger partial charge >= 0.3 is 5.69 Å². The van der Waals surface area contributed by atoms with Crippen molar-refractivity contribution in [3.05, 3.63) is 86.6 Å². The summed E-state index contributed by atoms with van der Waals surface area (Å²) in [5.74, 6) is -0.802. The van der Waals surface area contributed by atoms with Crippen molar-refractivity contribution in [2.24, 2.45) is 0 Å². The van der Waals surface area contributed by atoms with Crippen LogP contribution < -0.4 is 26.6 Å². The second-order valence-electron chi connectivity index (χ2n) is 7.92. The van der Waals surface area contributed by atoms with Crippen LogP contribution in [0.1, 0.15) is 36.7 Å². The lowest BCUT2D eigenvalue weighted by Crippen LogP contribution is -2.41. The number of nitrogens with two attached hydrogens (primary N) is 1. The number of nitrogens with zero attached hydrogens (tertiary/aromatic N) is 2. The van der Waals surface area contributed by atoms with Gasteiger partial charge in [0.1, 0.15) is 5.82 Å². The molecule has 1 amide bonds. The molecule has 0 aliphatic heterocycles. The predicted octanol–water partition coefficient (Wildman–Crippen LogP) is 1.52. The van der Waals surface area contributed by atoms with E-state index in [2.05, 4.69) is 9.71 Å². The van der Waals surface area contributed by atoms with Gasteiger partial charge in [-0.3, -0.25) is 19.1 Å². The number of H-pyrrole nitrogens is 1. The SMILES string of the molecule is CCN(C(=O)c1cccc(S(=O)(=O)NC(C)C)c1)c1c(N)n(Cc2ccccc2)c(=O)[nH]c1=O. The van der Waals surface area contributed by atoms with Crippen LogP contribution in [-0.2, 0) is 16.6 Å². The van der Waals surface area contributed by atoms with Crippen molar-refractivity contribution in [2.75, 3.05) is 17.2 Å². The number of aromatic amines is 1. The molecule has 0 saturated heterocycles. The zero-order valence-corrected chi connectivity index (χ0v) is 19.9. The normalized spacial score (nSPS) is 11.5. The Balaban J connectivity index is 2.05. The van der Waals surface area contributed by atoms with Crippen molar-refractivity contribution in [3.8, 4) is 0 Å². The number of rotatable bonds is 8. The van der Waals surface area contributed by atoms with Crippen LogP contribution in [0.2, 0.25) is 0 Å². The second kappa shape index (κ2) is 10.1. The predicted molar refractivity (Wildman–Crippen MR) is 131 cm³/mol. The van der Waals surface area contributed by atoms with Crippen LogP contribution in [0.5, 0.6) is 0 Å². The van der Waals surface area contributed by atoms with Gasteiger partial charge in [0, 0.05) is 18.2 Å². The van der Waals surface area contributed by atoms with Crippen molar-refractivity contribution < 1.29 is 13.2 Å². The van der Waals surface area contributed by atoms with Gasteiger partial charge in [0.15, 0.2) is 5.69 Å². The molecule has 180 valence electrons. The first-order chi connectivity index (χ1) is 16.0. The molecule has 3 rings (SSSR count). The molecule has 2 aromatic carbocycles. The summed E-state index contributed by atoms with van der Waals surface area (Å²) in [7, 11) is -3.83. The number of sulfonamides is 1. The Kier molecular flexibility index (Phi) is 7.38. The topological polar surface area (TPSA) is 147 Å². The number of aromatic nitrogens is 2. The van der Waals surface area contributed by atoms with Crippen LogP contribution in [0.3, 0.4) is 0 Å². The van der Waals surface area contributed by atoms with Gasteiger partial charge in [-0.1, -0.05) is 36.4 Å². The number of hydrogen-bond acceptors (Lipinski definition) is 6. The largest absolute Gasteiger partial charge is 0.383 e. The van der Waals surface area contributed by atoms with Gasteiger partial charge in [0.05, 0.1) is 11.4 Å². The first-order valence-corrected chi connectivity index (χ1v) is 12.1. The van der Waals surface area contributed by atoms with Crippen LogP contribution in [0.4, 0.5) is 11.5 Å². The molecule has 0 unspecified atom stereocenters. The summed E-state index contributed by atoms with van der Waals surface area (Å²) < 4.78 is 28.7. The average molecular weight is 486 g/mol. The zero-order chi connectivity index (χ0) is 25.0. The molecule has 3 aromatic rings. The van der Waals surface area contributed by atoms with Crippen molar-refractivity contribution in [2.45, 2.75) is 38.3 Å². The summed E-state index contributed by atoms with van der Waals surface area (Å²) in [5.41, 5.74) is 5.35. The first-order valence-electron chi connectivity index (χ1n) is 10.7. The van der Waals surface area contributed by atoms with E-state index in [1.807, 2.05) is 6.07 Å². The summed E-state index contributed by atoms with van der Waals surface area (Å²) in [6.45, 7) is 5.16. The Labute approximate surface area is 197 Å². The number of amides is 1. The molecule has 1 aromatic heterocycles. The minimum absolute atomic E-state index is 0.0492. The minimum atomic E-state index is -3.83. The van der Waals surface area contributed by atoms with Crippen LogP contribution >= 0.6 is 0 Å². The third kappa shape index (κ3) is 5.26. The smallest absolute Gasteiger partial charge is 0.330 e. The molecule has 10 nitrogen and oxygen atoms in total. The molecular weight excluding hydrogens is 458 g/mol. The maximum atomic E-state index is 13.4. The Morgan fingerprint density at radius 3 is 2.41 bits per heavy atom. The van der Waals surface area contributed by atoms with Gasteiger partial charge in [-0.05, 0) is 44.5 Å². The molecule has 0 fully saturated rings. The number of nitrogens with one attached hydrogen (secondary N) is 2. The number of carbonyl (C=O) groups is 1. The Bertz CT molecular complexity index is 1410. The Hall–Kier alpha value is -3.70. The highest BCUT2D eigenvalue weighted by molar-refractivity contribution is 7.89. The van der Waals surface area contributed by atoms with E-state index in [4.69, 9.17) is 5.73 Å². The van der Waals surface area contributed by atoms with E-state index in [9.17, 15) is 22.8 Å². The number of anilines is 2. The maximum absolute atomic E-state index is 13.4. The van der Waals surface area contributed by atoms with Crippen LogP contribution in [0.15, 0.2) is 69.1 Å². The van der Waals surface area contributed by atoms with E-state index < -0.39 is 27.2 Å². The van der Waals surface area contributed by atoms with Gasteiger partial charge < -0.3 is 10.6 Å². The number of benzene rings is 2. The maximum Gasteiger partial charge on any atom is 0.330 e. The first kappa shape index (κ1) is 24.9. The molecule has 0 aliphatic rings. The molecule has 0 saturated carbocycles. The average Bonchev–Trinajstić information content (AvgIpc) is 2.79. The molecule has 4 N–H and O–H groups in total. The van der Waals surface area contributed by atoms with E-state index >= 15 is 0 Å². The molecule has 11 heteroatoms. The van der Waals surface area contributed by atoms with Gasteiger partial charge in [-0.15, -0.1) is 0 Å². The van der Waals surface area contributed by atoms with Crippen molar-refractivity contribution in [3.63, 3.8) is 0 Å². The van der Waals surface area contributed by atoms with E-state index in [1.54, 1.807) is 45.0 Å². The van der Waals surface area contributed by atoms with Crippen molar-refractivity contribution >= 4 is 27.4 Å². The zero-order valence-electron chi connectivity index (χ0n) is 19.1. The van der Waals surface area contributed by atoms with E-state index in [0.717, 1.165) is 10.5 Å². The van der Waals surface area contributed by atoms with Crippen LogP contribution in [0, 0.1) is 0 Å². The summed E-state index contributed by atoms with van der Waals surface area (Å²) in [4.78, 5) is 41.8. The third-order valence-corrected chi connectivity index (χ3v) is 6.67. The second-order valence-corrected chi connectivity index (χ2v) is 9.63. The van der Waals surface area contributed by atoms with Crippen LogP contribution in [-0.4, -0.2) is 36.5 Å². The molecule has 0 atom stereocenters.